The Labute approximate surface area is 107 Å². The molecule has 1 heterocycles. The van der Waals surface area contributed by atoms with Crippen LogP contribution in [0.5, 0.6) is 0 Å². The molecule has 4 N–H and O–H groups in total. The summed E-state index contributed by atoms with van der Waals surface area (Å²) in [6, 6.07) is 0. The van der Waals surface area contributed by atoms with Gasteiger partial charge in [-0.3, -0.25) is 5.41 Å². The first-order valence-electron chi connectivity index (χ1n) is 5.65. The Morgan fingerprint density at radius 1 is 1.61 bits per heavy atom. The summed E-state index contributed by atoms with van der Waals surface area (Å²) in [5, 5.41) is 7.25. The molecule has 8 heteroatoms. The summed E-state index contributed by atoms with van der Waals surface area (Å²) in [6.45, 7) is 4.45. The molecule has 1 rings (SSSR count). The predicted octanol–water partition coefficient (Wildman–Crippen LogP) is 0.382. The van der Waals surface area contributed by atoms with Gasteiger partial charge >= 0.3 is 0 Å². The van der Waals surface area contributed by atoms with Crippen molar-refractivity contribution in [1.29, 1.82) is 5.41 Å². The molecule has 1 aromatic rings. The minimum Gasteiger partial charge on any atom is -0.388 e. The highest BCUT2D eigenvalue weighted by atomic mass is 32.2. The van der Waals surface area contributed by atoms with E-state index >= 15 is 0 Å². The van der Waals surface area contributed by atoms with Crippen molar-refractivity contribution in [3.8, 4) is 0 Å². The zero-order valence-corrected chi connectivity index (χ0v) is 11.4. The number of imidazole rings is 1. The predicted molar refractivity (Wildman–Crippen MR) is 68.7 cm³/mol. The molecule has 0 spiro atoms. The van der Waals surface area contributed by atoms with E-state index in [2.05, 4.69) is 9.97 Å². The Bertz CT molecular complexity index is 480. The zero-order valence-electron chi connectivity index (χ0n) is 10.5. The number of amidine groups is 1. The van der Waals surface area contributed by atoms with Crippen LogP contribution < -0.4 is 5.73 Å². The summed E-state index contributed by atoms with van der Waals surface area (Å²) < 4.78 is 25.9. The molecule has 0 radical (unpaired) electrons. The second-order valence-electron chi connectivity index (χ2n) is 4.45. The number of aromatic nitrogens is 2. The smallest absolute Gasteiger partial charge is 0.260 e. The van der Waals surface area contributed by atoms with Crippen LogP contribution in [0.15, 0.2) is 17.6 Å². The van der Waals surface area contributed by atoms with Gasteiger partial charge in [-0.15, -0.1) is 0 Å². The minimum atomic E-state index is -3.59. The van der Waals surface area contributed by atoms with Crippen LogP contribution in [0.1, 0.15) is 20.3 Å². The van der Waals surface area contributed by atoms with Crippen molar-refractivity contribution in [2.24, 2.45) is 11.7 Å². The quantitative estimate of drug-likeness (QED) is 0.492. The molecule has 0 aromatic carbocycles. The van der Waals surface area contributed by atoms with Gasteiger partial charge in [0.15, 0.2) is 5.03 Å². The van der Waals surface area contributed by atoms with Crippen LogP contribution in [0.25, 0.3) is 0 Å². The molecular weight excluding hydrogens is 254 g/mol. The Kier molecular flexibility index (Phi) is 4.85. The average Bonchev–Trinajstić information content (AvgIpc) is 2.76. The highest BCUT2D eigenvalue weighted by Crippen LogP contribution is 2.14. The van der Waals surface area contributed by atoms with Gasteiger partial charge in [-0.25, -0.2) is 13.4 Å². The van der Waals surface area contributed by atoms with Gasteiger partial charge in [0.05, 0.1) is 18.4 Å². The minimum absolute atomic E-state index is 0.0245. The lowest BCUT2D eigenvalue weighted by Crippen LogP contribution is -2.36. The first kappa shape index (κ1) is 14.7. The molecule has 0 aliphatic heterocycles. The van der Waals surface area contributed by atoms with Crippen LogP contribution in [0.2, 0.25) is 0 Å². The summed E-state index contributed by atoms with van der Waals surface area (Å²) in [6.07, 6.45) is 2.82. The summed E-state index contributed by atoms with van der Waals surface area (Å²) in [7, 11) is -3.59. The van der Waals surface area contributed by atoms with Gasteiger partial charge in [-0.2, -0.15) is 4.31 Å². The van der Waals surface area contributed by atoms with Crippen LogP contribution in [0.4, 0.5) is 0 Å². The second kappa shape index (κ2) is 5.96. The molecule has 0 fully saturated rings. The fraction of sp³-hybridized carbons (Fsp3) is 0.600. The van der Waals surface area contributed by atoms with Crippen LogP contribution in [-0.2, 0) is 10.0 Å². The van der Waals surface area contributed by atoms with Crippen LogP contribution >= 0.6 is 0 Å². The Balaban J connectivity index is 2.91. The van der Waals surface area contributed by atoms with Gasteiger partial charge in [0.2, 0.25) is 0 Å². The zero-order chi connectivity index (χ0) is 13.8. The van der Waals surface area contributed by atoms with Crippen molar-refractivity contribution in [3.05, 3.63) is 12.5 Å². The third-order valence-corrected chi connectivity index (χ3v) is 4.08. The van der Waals surface area contributed by atoms with E-state index < -0.39 is 10.0 Å². The number of rotatable bonds is 7. The van der Waals surface area contributed by atoms with E-state index in [1.165, 1.54) is 16.8 Å². The van der Waals surface area contributed by atoms with Crippen LogP contribution in [0, 0.1) is 11.3 Å². The Hall–Kier alpha value is -1.41. The first-order chi connectivity index (χ1) is 8.34. The van der Waals surface area contributed by atoms with Crippen molar-refractivity contribution in [2.75, 3.05) is 13.1 Å². The summed E-state index contributed by atoms with van der Waals surface area (Å²) >= 11 is 0. The molecule has 7 nitrogen and oxygen atoms in total. The normalized spacial score (nSPS) is 12.2. The fourth-order valence-corrected chi connectivity index (χ4v) is 2.99. The molecule has 0 bridgehead atoms. The summed E-state index contributed by atoms with van der Waals surface area (Å²) in [5.41, 5.74) is 5.28. The van der Waals surface area contributed by atoms with E-state index in [9.17, 15) is 8.42 Å². The molecule has 102 valence electrons. The van der Waals surface area contributed by atoms with Crippen molar-refractivity contribution >= 4 is 15.9 Å². The van der Waals surface area contributed by atoms with E-state index in [0.717, 1.165) is 0 Å². The van der Waals surface area contributed by atoms with Crippen molar-refractivity contribution in [3.63, 3.8) is 0 Å². The number of nitrogens with one attached hydrogen (secondary N) is 2. The topological polar surface area (TPSA) is 116 Å². The third-order valence-electron chi connectivity index (χ3n) is 2.29. The number of sulfonamides is 1. The molecule has 1 aromatic heterocycles. The molecule has 0 saturated heterocycles. The summed E-state index contributed by atoms with van der Waals surface area (Å²) in [5.74, 6) is 0.165. The molecule has 0 unspecified atom stereocenters. The first-order valence-corrected chi connectivity index (χ1v) is 7.09. The fourth-order valence-electron chi connectivity index (χ4n) is 1.49. The van der Waals surface area contributed by atoms with Gasteiger partial charge in [-0.1, -0.05) is 13.8 Å². The number of hydrogen-bond donors (Lipinski definition) is 3. The van der Waals surface area contributed by atoms with E-state index in [4.69, 9.17) is 11.1 Å². The monoisotopic (exact) mass is 273 g/mol. The molecule has 0 aliphatic rings. The van der Waals surface area contributed by atoms with Gasteiger partial charge in [-0.05, 0) is 5.92 Å². The van der Waals surface area contributed by atoms with E-state index in [1.807, 2.05) is 13.8 Å². The average molecular weight is 273 g/mol. The van der Waals surface area contributed by atoms with E-state index in [-0.39, 0.29) is 29.7 Å². The van der Waals surface area contributed by atoms with Crippen LogP contribution in [-0.4, -0.2) is 41.6 Å². The molecule has 0 atom stereocenters. The van der Waals surface area contributed by atoms with E-state index in [1.54, 1.807) is 0 Å². The van der Waals surface area contributed by atoms with Gasteiger partial charge in [0.25, 0.3) is 10.0 Å². The SMILES string of the molecule is CC(C)CN(CCC(=N)N)S(=O)(=O)c1cnc[nH]1. The number of hydrogen-bond acceptors (Lipinski definition) is 4. The number of nitrogens with two attached hydrogens (primary N) is 1. The maximum Gasteiger partial charge on any atom is 0.260 e. The maximum atomic E-state index is 12.3. The van der Waals surface area contributed by atoms with Gasteiger partial charge < -0.3 is 10.7 Å². The van der Waals surface area contributed by atoms with E-state index in [0.29, 0.717) is 6.54 Å². The summed E-state index contributed by atoms with van der Waals surface area (Å²) in [4.78, 5) is 6.31. The van der Waals surface area contributed by atoms with Crippen molar-refractivity contribution in [1.82, 2.24) is 14.3 Å². The lowest BCUT2D eigenvalue weighted by molar-refractivity contribution is 0.373. The lowest BCUT2D eigenvalue weighted by atomic mass is 10.2. The lowest BCUT2D eigenvalue weighted by Gasteiger charge is -2.22. The Morgan fingerprint density at radius 3 is 2.72 bits per heavy atom. The maximum absolute atomic E-state index is 12.3. The highest BCUT2D eigenvalue weighted by Gasteiger charge is 2.26. The van der Waals surface area contributed by atoms with Crippen molar-refractivity contribution < 1.29 is 8.42 Å². The Morgan fingerprint density at radius 2 is 2.28 bits per heavy atom. The van der Waals surface area contributed by atoms with Gasteiger partial charge in [0, 0.05) is 19.5 Å². The largest absolute Gasteiger partial charge is 0.388 e. The third kappa shape index (κ3) is 3.81. The molecular formula is C10H19N5O2S. The molecule has 0 aliphatic carbocycles. The van der Waals surface area contributed by atoms with Crippen molar-refractivity contribution in [2.45, 2.75) is 25.3 Å². The number of nitrogens with zero attached hydrogens (tertiary/aromatic N) is 2. The van der Waals surface area contributed by atoms with Gasteiger partial charge in [0.1, 0.15) is 0 Å². The number of aromatic amines is 1. The second-order valence-corrected chi connectivity index (χ2v) is 6.35. The van der Waals surface area contributed by atoms with Crippen LogP contribution in [0.3, 0.4) is 0 Å². The highest BCUT2D eigenvalue weighted by molar-refractivity contribution is 7.89. The molecule has 0 saturated carbocycles. The number of H-pyrrole nitrogens is 1. The molecule has 18 heavy (non-hydrogen) atoms. The molecule has 0 amide bonds. The standard InChI is InChI=1S/C10H19N5O2S/c1-8(2)6-15(4-3-9(11)12)18(16,17)10-5-13-7-14-10/h5,7-8H,3-4,6H2,1-2H3,(H3,11,12)(H,13,14).